The molecule has 1 N–H and O–H groups in total. The highest BCUT2D eigenvalue weighted by Crippen LogP contribution is 2.21. The lowest BCUT2D eigenvalue weighted by molar-refractivity contribution is -0.135. The minimum atomic E-state index is -0.818. The Balaban J connectivity index is 2.37. The topological polar surface area (TPSA) is 37.3 Å². The summed E-state index contributed by atoms with van der Waals surface area (Å²) < 4.78 is 0. The zero-order chi connectivity index (χ0) is 12.8. The molecule has 2 nitrogen and oxygen atoms in total. The van der Waals surface area contributed by atoms with Crippen LogP contribution < -0.4 is 0 Å². The smallest absolute Gasteiger partial charge is 0.307 e. The molecule has 0 unspecified atom stereocenters. The fourth-order valence-electron chi connectivity index (χ4n) is 1.80. The van der Waals surface area contributed by atoms with Crippen molar-refractivity contribution in [3.8, 4) is 0 Å². The molecule has 0 aliphatic rings. The zero-order valence-corrected chi connectivity index (χ0v) is 9.91. The fourth-order valence-corrected chi connectivity index (χ4v) is 1.80. The predicted octanol–water partition coefficient (Wildman–Crippen LogP) is 3.70. The van der Waals surface area contributed by atoms with Crippen LogP contribution in [0.3, 0.4) is 0 Å². The van der Waals surface area contributed by atoms with Gasteiger partial charge in [-0.2, -0.15) is 0 Å². The Kier molecular flexibility index (Phi) is 3.92. The molecule has 0 radical (unpaired) electrons. The Morgan fingerprint density at radius 1 is 0.944 bits per heavy atom. The summed E-state index contributed by atoms with van der Waals surface area (Å²) >= 11 is 0. The molecule has 0 bridgehead atoms. The third-order valence-electron chi connectivity index (χ3n) is 2.63. The minimum absolute atomic E-state index is 0.0267. The first kappa shape index (κ1) is 12.1. The Labute approximate surface area is 106 Å². The summed E-state index contributed by atoms with van der Waals surface area (Å²) in [7, 11) is 0. The van der Waals surface area contributed by atoms with Crippen LogP contribution >= 0.6 is 0 Å². The monoisotopic (exact) mass is 238 g/mol. The molecule has 2 aromatic rings. The predicted molar refractivity (Wildman–Crippen MR) is 73.0 cm³/mol. The Bertz CT molecular complexity index is 542. The normalized spacial score (nSPS) is 11.2. The maximum Gasteiger partial charge on any atom is 0.307 e. The Morgan fingerprint density at radius 2 is 1.50 bits per heavy atom. The van der Waals surface area contributed by atoms with Crippen molar-refractivity contribution in [2.24, 2.45) is 0 Å². The lowest BCUT2D eigenvalue weighted by Gasteiger charge is -2.05. The molecule has 0 aliphatic carbocycles. The molecular formula is C16H14O2. The maximum atomic E-state index is 10.9. The minimum Gasteiger partial charge on any atom is -0.481 e. The van der Waals surface area contributed by atoms with Gasteiger partial charge in [0.1, 0.15) is 0 Å². The van der Waals surface area contributed by atoms with Crippen molar-refractivity contribution in [3.63, 3.8) is 0 Å². The van der Waals surface area contributed by atoms with Gasteiger partial charge in [0.25, 0.3) is 0 Å². The average Bonchev–Trinajstić information content (AvgIpc) is 2.40. The molecule has 0 atom stereocenters. The van der Waals surface area contributed by atoms with E-state index >= 15 is 0 Å². The molecule has 0 spiro atoms. The maximum absolute atomic E-state index is 10.9. The van der Waals surface area contributed by atoms with Crippen LogP contribution in [0.15, 0.2) is 60.7 Å². The number of hydrogen-bond acceptors (Lipinski definition) is 1. The van der Waals surface area contributed by atoms with Gasteiger partial charge in [0.15, 0.2) is 0 Å². The quantitative estimate of drug-likeness (QED) is 0.824. The first-order valence-electron chi connectivity index (χ1n) is 5.78. The molecule has 2 heteroatoms. The van der Waals surface area contributed by atoms with Gasteiger partial charge in [0.2, 0.25) is 0 Å². The van der Waals surface area contributed by atoms with Gasteiger partial charge in [0.05, 0.1) is 6.42 Å². The van der Waals surface area contributed by atoms with Crippen LogP contribution in [0.5, 0.6) is 0 Å². The molecule has 0 fully saturated rings. The van der Waals surface area contributed by atoms with Gasteiger partial charge in [-0.25, -0.2) is 0 Å². The van der Waals surface area contributed by atoms with Crippen LogP contribution in [0, 0.1) is 0 Å². The van der Waals surface area contributed by atoms with Gasteiger partial charge in [-0.05, 0) is 16.7 Å². The van der Waals surface area contributed by atoms with E-state index in [2.05, 4.69) is 0 Å². The summed E-state index contributed by atoms with van der Waals surface area (Å²) in [6.45, 7) is 0. The third kappa shape index (κ3) is 3.32. The number of carbonyl (C=O) groups is 1. The van der Waals surface area contributed by atoms with E-state index in [1.54, 1.807) is 0 Å². The Morgan fingerprint density at radius 3 is 2.06 bits per heavy atom. The second-order valence-electron chi connectivity index (χ2n) is 4.02. The van der Waals surface area contributed by atoms with Gasteiger partial charge in [-0.15, -0.1) is 0 Å². The number of carboxylic acid groups (broad SMARTS) is 1. The summed E-state index contributed by atoms with van der Waals surface area (Å²) in [4.78, 5) is 10.9. The molecule has 0 saturated heterocycles. The van der Waals surface area contributed by atoms with E-state index in [0.717, 1.165) is 16.7 Å². The van der Waals surface area contributed by atoms with Crippen molar-refractivity contribution in [2.75, 3.05) is 0 Å². The van der Waals surface area contributed by atoms with E-state index in [4.69, 9.17) is 5.11 Å². The highest BCUT2D eigenvalue weighted by Gasteiger charge is 2.06. The molecule has 18 heavy (non-hydrogen) atoms. The average molecular weight is 238 g/mol. The van der Waals surface area contributed by atoms with Crippen LogP contribution in [0.25, 0.3) is 11.6 Å². The van der Waals surface area contributed by atoms with E-state index in [0.29, 0.717) is 0 Å². The van der Waals surface area contributed by atoms with E-state index in [9.17, 15) is 4.79 Å². The number of benzene rings is 2. The third-order valence-corrected chi connectivity index (χ3v) is 2.63. The fraction of sp³-hybridized carbons (Fsp3) is 0.0625. The molecule has 90 valence electrons. The van der Waals surface area contributed by atoms with Crippen LogP contribution in [0.2, 0.25) is 0 Å². The van der Waals surface area contributed by atoms with Crippen molar-refractivity contribution >= 4 is 17.6 Å². The summed E-state index contributed by atoms with van der Waals surface area (Å²) in [5.41, 5.74) is 2.77. The lowest BCUT2D eigenvalue weighted by atomic mass is 10.00. The largest absolute Gasteiger partial charge is 0.481 e. The van der Waals surface area contributed by atoms with Crippen LogP contribution in [0.4, 0.5) is 0 Å². The van der Waals surface area contributed by atoms with Gasteiger partial charge >= 0.3 is 5.97 Å². The number of carboxylic acids is 1. The molecule has 2 rings (SSSR count). The second kappa shape index (κ2) is 5.82. The molecule has 0 amide bonds. The summed E-state index contributed by atoms with van der Waals surface area (Å²) in [5.74, 6) is -0.818. The van der Waals surface area contributed by atoms with E-state index < -0.39 is 5.97 Å². The van der Waals surface area contributed by atoms with E-state index in [1.807, 2.05) is 66.7 Å². The number of hydrogen-bond donors (Lipinski definition) is 1. The van der Waals surface area contributed by atoms with Crippen molar-refractivity contribution in [1.29, 1.82) is 0 Å². The van der Waals surface area contributed by atoms with Gasteiger partial charge in [0, 0.05) is 0 Å². The first-order valence-corrected chi connectivity index (χ1v) is 5.78. The SMILES string of the molecule is O=C(O)C/C(=C\c1ccccc1)c1ccccc1. The number of rotatable bonds is 4. The van der Waals surface area contributed by atoms with Crippen molar-refractivity contribution < 1.29 is 9.90 Å². The van der Waals surface area contributed by atoms with Crippen molar-refractivity contribution in [1.82, 2.24) is 0 Å². The highest BCUT2D eigenvalue weighted by atomic mass is 16.4. The van der Waals surface area contributed by atoms with Gasteiger partial charge < -0.3 is 5.11 Å². The van der Waals surface area contributed by atoms with Crippen molar-refractivity contribution in [3.05, 3.63) is 71.8 Å². The number of aliphatic carboxylic acids is 1. The molecule has 0 aromatic heterocycles. The van der Waals surface area contributed by atoms with Gasteiger partial charge in [-0.1, -0.05) is 66.7 Å². The summed E-state index contributed by atoms with van der Waals surface area (Å²) in [6.07, 6.45) is 1.95. The van der Waals surface area contributed by atoms with Crippen molar-refractivity contribution in [2.45, 2.75) is 6.42 Å². The highest BCUT2D eigenvalue weighted by molar-refractivity contribution is 5.91. The zero-order valence-electron chi connectivity index (χ0n) is 9.91. The molecule has 0 aliphatic heterocycles. The van der Waals surface area contributed by atoms with E-state index in [1.165, 1.54) is 0 Å². The second-order valence-corrected chi connectivity index (χ2v) is 4.02. The van der Waals surface area contributed by atoms with Gasteiger partial charge in [-0.3, -0.25) is 4.79 Å². The summed E-state index contributed by atoms with van der Waals surface area (Å²) in [6, 6.07) is 19.3. The first-order chi connectivity index (χ1) is 8.75. The standard InChI is InChI=1S/C16H14O2/c17-16(18)12-15(14-9-5-2-6-10-14)11-13-7-3-1-4-8-13/h1-11H,12H2,(H,17,18)/b15-11+. The lowest BCUT2D eigenvalue weighted by Crippen LogP contribution is -1.97. The summed E-state index contributed by atoms with van der Waals surface area (Å²) in [5, 5.41) is 8.98. The Hall–Kier alpha value is -2.35. The molecule has 0 saturated carbocycles. The molecular weight excluding hydrogens is 224 g/mol. The van der Waals surface area contributed by atoms with Crippen LogP contribution in [-0.4, -0.2) is 11.1 Å². The molecule has 0 heterocycles. The van der Waals surface area contributed by atoms with Crippen LogP contribution in [0.1, 0.15) is 17.5 Å². The molecule has 2 aromatic carbocycles. The van der Waals surface area contributed by atoms with Crippen LogP contribution in [-0.2, 0) is 4.79 Å². The van der Waals surface area contributed by atoms with E-state index in [-0.39, 0.29) is 6.42 Å².